The van der Waals surface area contributed by atoms with Crippen LogP contribution in [0.5, 0.6) is 17.4 Å². The second-order valence-electron chi connectivity index (χ2n) is 6.79. The van der Waals surface area contributed by atoms with Gasteiger partial charge in [0.15, 0.2) is 11.5 Å². The maximum Gasteiger partial charge on any atom is 0.240 e. The van der Waals surface area contributed by atoms with E-state index in [1.54, 1.807) is 20.5 Å². The Bertz CT molecular complexity index is 1030. The first-order chi connectivity index (χ1) is 13.6. The first-order valence-corrected chi connectivity index (χ1v) is 9.03. The third-order valence-electron chi connectivity index (χ3n) is 4.86. The molecule has 0 spiro atoms. The van der Waals surface area contributed by atoms with Crippen molar-refractivity contribution in [3.05, 3.63) is 30.6 Å². The quantitative estimate of drug-likeness (QED) is 0.703. The van der Waals surface area contributed by atoms with Crippen molar-refractivity contribution in [2.24, 2.45) is 13.0 Å². The molecular weight excluding hydrogens is 360 g/mol. The lowest BCUT2D eigenvalue weighted by molar-refractivity contribution is -0.119. The molecule has 1 aromatic carbocycles. The number of pyridine rings is 1. The van der Waals surface area contributed by atoms with Gasteiger partial charge in [0, 0.05) is 31.5 Å². The first-order valence-electron chi connectivity index (χ1n) is 9.03. The summed E-state index contributed by atoms with van der Waals surface area (Å²) >= 11 is 0. The molecule has 0 unspecified atom stereocenters. The maximum atomic E-state index is 11.4. The Morgan fingerprint density at radius 3 is 2.75 bits per heavy atom. The monoisotopic (exact) mass is 382 g/mol. The molecule has 0 bridgehead atoms. The van der Waals surface area contributed by atoms with Gasteiger partial charge in [0.05, 0.1) is 38.4 Å². The van der Waals surface area contributed by atoms with E-state index in [-0.39, 0.29) is 11.8 Å². The van der Waals surface area contributed by atoms with Crippen LogP contribution in [0.2, 0.25) is 0 Å². The molecule has 0 saturated carbocycles. The fourth-order valence-corrected chi connectivity index (χ4v) is 3.36. The van der Waals surface area contributed by atoms with Gasteiger partial charge in [0.1, 0.15) is 5.52 Å². The summed E-state index contributed by atoms with van der Waals surface area (Å²) in [7, 11) is 5.10. The molecule has 8 nitrogen and oxygen atoms in total. The zero-order valence-corrected chi connectivity index (χ0v) is 16.1. The maximum absolute atomic E-state index is 11.4. The molecule has 1 amide bonds. The van der Waals surface area contributed by atoms with E-state index in [4.69, 9.17) is 19.2 Å². The van der Waals surface area contributed by atoms with Crippen LogP contribution < -0.4 is 19.5 Å². The Morgan fingerprint density at radius 1 is 1.21 bits per heavy atom. The number of hydrogen-bond acceptors (Lipinski definition) is 6. The Hall–Kier alpha value is -3.29. The number of benzene rings is 1. The number of hydrogen-bond donors (Lipinski definition) is 1. The Morgan fingerprint density at radius 2 is 2.04 bits per heavy atom. The molecule has 1 atom stereocenters. The highest BCUT2D eigenvalue weighted by Gasteiger charge is 2.23. The van der Waals surface area contributed by atoms with Gasteiger partial charge in [0.25, 0.3) is 0 Å². The smallest absolute Gasteiger partial charge is 0.240 e. The molecule has 1 aliphatic rings. The van der Waals surface area contributed by atoms with Crippen LogP contribution in [0.3, 0.4) is 0 Å². The number of nitrogens with zero attached hydrogens (tertiary/aromatic N) is 3. The van der Waals surface area contributed by atoms with Crippen LogP contribution in [0.25, 0.3) is 22.3 Å². The van der Waals surface area contributed by atoms with E-state index in [0.717, 1.165) is 22.3 Å². The minimum Gasteiger partial charge on any atom is -0.493 e. The van der Waals surface area contributed by atoms with E-state index in [2.05, 4.69) is 10.3 Å². The van der Waals surface area contributed by atoms with Crippen LogP contribution in [0, 0.1) is 5.92 Å². The molecule has 1 saturated heterocycles. The minimum atomic E-state index is 0.0614. The number of aromatic nitrogens is 3. The molecule has 1 fully saturated rings. The molecule has 1 aliphatic heterocycles. The molecular formula is C20H22N4O4. The second kappa shape index (κ2) is 7.38. The predicted octanol–water partition coefficient (Wildman–Crippen LogP) is 2.17. The van der Waals surface area contributed by atoms with Crippen LogP contribution in [0.1, 0.15) is 6.42 Å². The van der Waals surface area contributed by atoms with Crippen LogP contribution in [0.15, 0.2) is 30.6 Å². The highest BCUT2D eigenvalue weighted by atomic mass is 16.5. The minimum absolute atomic E-state index is 0.0614. The van der Waals surface area contributed by atoms with Gasteiger partial charge in [-0.3, -0.25) is 4.79 Å². The van der Waals surface area contributed by atoms with Crippen molar-refractivity contribution < 1.29 is 19.0 Å². The molecule has 0 radical (unpaired) electrons. The summed E-state index contributed by atoms with van der Waals surface area (Å²) in [5.74, 6) is 1.98. The number of methoxy groups -OCH3 is 2. The number of nitrogens with one attached hydrogen (secondary N) is 1. The predicted molar refractivity (Wildman–Crippen MR) is 104 cm³/mol. The van der Waals surface area contributed by atoms with E-state index in [1.165, 1.54) is 0 Å². The van der Waals surface area contributed by atoms with Gasteiger partial charge in [-0.2, -0.15) is 0 Å². The Labute approximate surface area is 162 Å². The summed E-state index contributed by atoms with van der Waals surface area (Å²) in [6.07, 6.45) is 2.21. The summed E-state index contributed by atoms with van der Waals surface area (Å²) in [5, 5.41) is 2.83. The standard InChI is InChI=1S/C20H22N4O4/c1-24-11-22-15-8-14(13-4-5-16(26-2)17(7-13)27-3)23-20(19(15)24)28-10-12-6-18(25)21-9-12/h4-5,7-8,11-12H,6,9-10H2,1-3H3,(H,21,25)/t12-/m1/s1. The molecule has 0 aliphatic carbocycles. The summed E-state index contributed by atoms with van der Waals surface area (Å²) < 4.78 is 18.6. The summed E-state index contributed by atoms with van der Waals surface area (Å²) in [6, 6.07) is 7.56. The van der Waals surface area contributed by atoms with E-state index in [0.29, 0.717) is 37.0 Å². The number of amides is 1. The molecule has 3 aromatic rings. The first kappa shape index (κ1) is 18.1. The largest absolute Gasteiger partial charge is 0.493 e. The lowest BCUT2D eigenvalue weighted by Crippen LogP contribution is -2.17. The van der Waals surface area contributed by atoms with Crippen molar-refractivity contribution in [3.8, 4) is 28.6 Å². The van der Waals surface area contributed by atoms with E-state index >= 15 is 0 Å². The van der Waals surface area contributed by atoms with Crippen LogP contribution >= 0.6 is 0 Å². The van der Waals surface area contributed by atoms with Crippen molar-refractivity contribution in [2.45, 2.75) is 6.42 Å². The molecule has 1 N–H and O–H groups in total. The van der Waals surface area contributed by atoms with Gasteiger partial charge in [0.2, 0.25) is 11.8 Å². The average molecular weight is 382 g/mol. The van der Waals surface area contributed by atoms with Crippen molar-refractivity contribution in [1.29, 1.82) is 0 Å². The van der Waals surface area contributed by atoms with Crippen molar-refractivity contribution in [1.82, 2.24) is 19.9 Å². The van der Waals surface area contributed by atoms with Gasteiger partial charge in [-0.15, -0.1) is 0 Å². The van der Waals surface area contributed by atoms with E-state index in [1.807, 2.05) is 35.9 Å². The number of carbonyl (C=O) groups excluding carboxylic acids is 1. The number of imidazole rings is 1. The summed E-state index contributed by atoms with van der Waals surface area (Å²) in [6.45, 7) is 1.05. The third-order valence-corrected chi connectivity index (χ3v) is 4.86. The molecule has 28 heavy (non-hydrogen) atoms. The van der Waals surface area contributed by atoms with E-state index < -0.39 is 0 Å². The van der Waals surface area contributed by atoms with Crippen molar-refractivity contribution in [2.75, 3.05) is 27.4 Å². The molecule has 2 aromatic heterocycles. The number of ether oxygens (including phenoxy) is 3. The van der Waals surface area contributed by atoms with Crippen LogP contribution in [-0.4, -0.2) is 47.8 Å². The SMILES string of the molecule is COc1ccc(-c2cc3ncn(C)c3c(OC[C@H]3CNC(=O)C3)n2)cc1OC. The number of aryl methyl sites for hydroxylation is 1. The summed E-state index contributed by atoms with van der Waals surface area (Å²) in [4.78, 5) is 20.6. The average Bonchev–Trinajstić information content (AvgIpc) is 3.31. The lowest BCUT2D eigenvalue weighted by Gasteiger charge is -2.13. The molecule has 8 heteroatoms. The lowest BCUT2D eigenvalue weighted by atomic mass is 10.1. The highest BCUT2D eigenvalue weighted by Crippen LogP contribution is 2.34. The Balaban J connectivity index is 1.71. The second-order valence-corrected chi connectivity index (χ2v) is 6.79. The van der Waals surface area contributed by atoms with Crippen LogP contribution in [-0.2, 0) is 11.8 Å². The zero-order valence-electron chi connectivity index (χ0n) is 16.1. The van der Waals surface area contributed by atoms with Crippen molar-refractivity contribution in [3.63, 3.8) is 0 Å². The topological polar surface area (TPSA) is 87.5 Å². The van der Waals surface area contributed by atoms with Gasteiger partial charge >= 0.3 is 0 Å². The van der Waals surface area contributed by atoms with Gasteiger partial charge < -0.3 is 24.1 Å². The van der Waals surface area contributed by atoms with Crippen molar-refractivity contribution >= 4 is 16.9 Å². The highest BCUT2D eigenvalue weighted by molar-refractivity contribution is 5.85. The number of carbonyl (C=O) groups is 1. The molecule has 3 heterocycles. The summed E-state index contributed by atoms with van der Waals surface area (Å²) in [5.41, 5.74) is 3.20. The van der Waals surface area contributed by atoms with Gasteiger partial charge in [-0.05, 0) is 24.3 Å². The Kier molecular flexibility index (Phi) is 4.77. The number of rotatable bonds is 6. The van der Waals surface area contributed by atoms with Gasteiger partial charge in [-0.25, -0.2) is 9.97 Å². The van der Waals surface area contributed by atoms with Crippen LogP contribution in [0.4, 0.5) is 0 Å². The zero-order chi connectivity index (χ0) is 19.7. The van der Waals surface area contributed by atoms with Gasteiger partial charge in [-0.1, -0.05) is 0 Å². The fourth-order valence-electron chi connectivity index (χ4n) is 3.36. The molecule has 146 valence electrons. The normalized spacial score (nSPS) is 16.2. The third kappa shape index (κ3) is 3.33. The fraction of sp³-hybridized carbons (Fsp3) is 0.350. The number of fused-ring (bicyclic) bond motifs is 1. The van der Waals surface area contributed by atoms with E-state index in [9.17, 15) is 4.79 Å². The molecule has 4 rings (SSSR count).